The van der Waals surface area contributed by atoms with E-state index in [4.69, 9.17) is 11.0 Å². The number of nitriles is 1. The summed E-state index contributed by atoms with van der Waals surface area (Å²) in [5.74, 6) is 0.699. The van der Waals surface area contributed by atoms with E-state index in [0.717, 1.165) is 16.9 Å². The molecule has 0 saturated carbocycles. The Balaban J connectivity index is 2.27. The van der Waals surface area contributed by atoms with E-state index in [1.807, 2.05) is 49.2 Å². The van der Waals surface area contributed by atoms with E-state index in [1.54, 1.807) is 6.07 Å². The summed E-state index contributed by atoms with van der Waals surface area (Å²) in [5.41, 5.74) is 9.08. The van der Waals surface area contributed by atoms with Gasteiger partial charge in [-0.2, -0.15) is 5.26 Å². The lowest BCUT2D eigenvalue weighted by molar-refractivity contribution is 0.889. The number of pyridine rings is 1. The molecule has 0 aliphatic heterocycles. The molecule has 0 bridgehead atoms. The summed E-state index contributed by atoms with van der Waals surface area (Å²) in [5, 5.41) is 9.13. The van der Waals surface area contributed by atoms with Crippen molar-refractivity contribution in [3.05, 3.63) is 53.2 Å². The molecule has 2 aromatic rings. The Hall–Kier alpha value is -2.54. The van der Waals surface area contributed by atoms with Gasteiger partial charge in [-0.25, -0.2) is 4.98 Å². The lowest BCUT2D eigenvalue weighted by atomic mass is 10.2. The molecular formula is C15H16N4. The van der Waals surface area contributed by atoms with E-state index in [-0.39, 0.29) is 0 Å². The van der Waals surface area contributed by atoms with Crippen LogP contribution in [-0.2, 0) is 6.54 Å². The third-order valence-corrected chi connectivity index (χ3v) is 2.87. The maximum atomic E-state index is 9.13. The van der Waals surface area contributed by atoms with Crippen molar-refractivity contribution < 1.29 is 0 Å². The molecule has 2 N–H and O–H groups in total. The van der Waals surface area contributed by atoms with Crippen molar-refractivity contribution in [3.8, 4) is 6.07 Å². The lowest BCUT2D eigenvalue weighted by Crippen LogP contribution is -2.19. The first kappa shape index (κ1) is 12.9. The lowest BCUT2D eigenvalue weighted by Gasteiger charge is -2.20. The van der Waals surface area contributed by atoms with Gasteiger partial charge in [0.15, 0.2) is 0 Å². The topological polar surface area (TPSA) is 65.9 Å². The second kappa shape index (κ2) is 5.40. The van der Waals surface area contributed by atoms with Crippen molar-refractivity contribution in [1.82, 2.24) is 4.98 Å². The second-order valence-electron chi connectivity index (χ2n) is 4.54. The summed E-state index contributed by atoms with van der Waals surface area (Å²) < 4.78 is 0. The molecule has 0 saturated heterocycles. The highest BCUT2D eigenvalue weighted by molar-refractivity contribution is 5.54. The zero-order chi connectivity index (χ0) is 13.8. The first-order valence-corrected chi connectivity index (χ1v) is 6.03. The van der Waals surface area contributed by atoms with E-state index < -0.39 is 0 Å². The summed E-state index contributed by atoms with van der Waals surface area (Å²) in [6, 6.07) is 13.5. The molecule has 0 spiro atoms. The molecule has 0 atom stereocenters. The molecule has 1 aromatic heterocycles. The Morgan fingerprint density at radius 2 is 2.11 bits per heavy atom. The van der Waals surface area contributed by atoms with Gasteiger partial charge in [-0.3, -0.25) is 0 Å². The quantitative estimate of drug-likeness (QED) is 0.852. The summed E-state index contributed by atoms with van der Waals surface area (Å²) in [6.07, 6.45) is 0. The number of anilines is 2. The Morgan fingerprint density at radius 1 is 1.32 bits per heavy atom. The molecule has 2 rings (SSSR count). The van der Waals surface area contributed by atoms with Crippen LogP contribution in [0, 0.1) is 18.3 Å². The molecule has 4 nitrogen and oxygen atoms in total. The SMILES string of the molecule is Cc1ccc(C#N)c(N(C)Cc2cccc(N)c2)n1. The van der Waals surface area contributed by atoms with Crippen LogP contribution in [0.4, 0.5) is 11.5 Å². The Morgan fingerprint density at radius 3 is 2.79 bits per heavy atom. The summed E-state index contributed by atoms with van der Waals surface area (Å²) >= 11 is 0. The highest BCUT2D eigenvalue weighted by Gasteiger charge is 2.10. The van der Waals surface area contributed by atoms with Crippen LogP contribution < -0.4 is 10.6 Å². The Labute approximate surface area is 113 Å². The molecule has 0 aliphatic rings. The third kappa shape index (κ3) is 3.02. The zero-order valence-electron chi connectivity index (χ0n) is 11.1. The number of aryl methyl sites for hydroxylation is 1. The molecule has 19 heavy (non-hydrogen) atoms. The van der Waals surface area contributed by atoms with Crippen LogP contribution in [-0.4, -0.2) is 12.0 Å². The molecule has 96 valence electrons. The monoisotopic (exact) mass is 252 g/mol. The molecule has 1 heterocycles. The first-order chi connectivity index (χ1) is 9.10. The van der Waals surface area contributed by atoms with Crippen molar-refractivity contribution in [2.24, 2.45) is 0 Å². The van der Waals surface area contributed by atoms with Crippen molar-refractivity contribution >= 4 is 11.5 Å². The van der Waals surface area contributed by atoms with E-state index in [9.17, 15) is 0 Å². The van der Waals surface area contributed by atoms with Crippen molar-refractivity contribution in [1.29, 1.82) is 5.26 Å². The van der Waals surface area contributed by atoms with Crippen molar-refractivity contribution in [2.45, 2.75) is 13.5 Å². The summed E-state index contributed by atoms with van der Waals surface area (Å²) in [4.78, 5) is 6.39. The largest absolute Gasteiger partial charge is 0.399 e. The van der Waals surface area contributed by atoms with Crippen LogP contribution in [0.5, 0.6) is 0 Å². The van der Waals surface area contributed by atoms with Crippen LogP contribution in [0.3, 0.4) is 0 Å². The highest BCUT2D eigenvalue weighted by Crippen LogP contribution is 2.19. The fraction of sp³-hybridized carbons (Fsp3) is 0.200. The average molecular weight is 252 g/mol. The standard InChI is InChI=1S/C15H16N4/c1-11-6-7-13(9-16)15(18-11)19(2)10-12-4-3-5-14(17)8-12/h3-8H,10,17H2,1-2H3. The fourth-order valence-corrected chi connectivity index (χ4v) is 1.96. The highest BCUT2D eigenvalue weighted by atomic mass is 15.2. The van der Waals surface area contributed by atoms with Gasteiger partial charge in [0, 0.05) is 25.0 Å². The number of aromatic nitrogens is 1. The van der Waals surface area contributed by atoms with Gasteiger partial charge in [0.25, 0.3) is 0 Å². The van der Waals surface area contributed by atoms with Gasteiger partial charge >= 0.3 is 0 Å². The van der Waals surface area contributed by atoms with Crippen LogP contribution in [0.2, 0.25) is 0 Å². The molecule has 0 aliphatic carbocycles. The smallest absolute Gasteiger partial charge is 0.146 e. The third-order valence-electron chi connectivity index (χ3n) is 2.87. The van der Waals surface area contributed by atoms with Crippen molar-refractivity contribution in [3.63, 3.8) is 0 Å². The minimum atomic E-state index is 0.581. The maximum Gasteiger partial charge on any atom is 0.146 e. The second-order valence-corrected chi connectivity index (χ2v) is 4.54. The van der Waals surface area contributed by atoms with Crippen molar-refractivity contribution in [2.75, 3.05) is 17.7 Å². The van der Waals surface area contributed by atoms with E-state index in [1.165, 1.54) is 0 Å². The number of benzene rings is 1. The van der Waals surface area contributed by atoms with Gasteiger partial charge in [0.1, 0.15) is 11.9 Å². The number of hydrogen-bond donors (Lipinski definition) is 1. The van der Waals surface area contributed by atoms with E-state index in [0.29, 0.717) is 17.9 Å². The van der Waals surface area contributed by atoms with Crippen LogP contribution in [0.25, 0.3) is 0 Å². The molecule has 0 unspecified atom stereocenters. The number of nitrogens with zero attached hydrogens (tertiary/aromatic N) is 3. The molecule has 0 amide bonds. The summed E-state index contributed by atoms with van der Waals surface area (Å²) in [6.45, 7) is 2.58. The number of nitrogens with two attached hydrogens (primary N) is 1. The summed E-state index contributed by atoms with van der Waals surface area (Å²) in [7, 11) is 1.92. The Bertz CT molecular complexity index is 628. The van der Waals surface area contributed by atoms with Gasteiger partial charge in [0.2, 0.25) is 0 Å². The van der Waals surface area contributed by atoms with Gasteiger partial charge in [-0.05, 0) is 36.8 Å². The van der Waals surface area contributed by atoms with E-state index in [2.05, 4.69) is 11.1 Å². The number of rotatable bonds is 3. The molecular weight excluding hydrogens is 236 g/mol. The predicted molar refractivity (Wildman–Crippen MR) is 76.7 cm³/mol. The van der Waals surface area contributed by atoms with Gasteiger partial charge in [-0.1, -0.05) is 12.1 Å². The van der Waals surface area contributed by atoms with Crippen LogP contribution >= 0.6 is 0 Å². The first-order valence-electron chi connectivity index (χ1n) is 6.03. The van der Waals surface area contributed by atoms with Gasteiger partial charge < -0.3 is 10.6 Å². The zero-order valence-corrected chi connectivity index (χ0v) is 11.1. The number of nitrogen functional groups attached to an aromatic ring is 1. The molecule has 0 radical (unpaired) electrons. The number of hydrogen-bond acceptors (Lipinski definition) is 4. The van der Waals surface area contributed by atoms with E-state index >= 15 is 0 Å². The van der Waals surface area contributed by atoms with Gasteiger partial charge in [-0.15, -0.1) is 0 Å². The molecule has 0 fully saturated rings. The average Bonchev–Trinajstić information content (AvgIpc) is 2.38. The Kier molecular flexibility index (Phi) is 3.67. The van der Waals surface area contributed by atoms with Crippen LogP contribution in [0.1, 0.15) is 16.8 Å². The molecule has 4 heteroatoms. The predicted octanol–water partition coefficient (Wildman–Crippen LogP) is 2.48. The minimum Gasteiger partial charge on any atom is -0.399 e. The molecule has 1 aromatic carbocycles. The maximum absolute atomic E-state index is 9.13. The van der Waals surface area contributed by atoms with Gasteiger partial charge in [0.05, 0.1) is 5.56 Å². The van der Waals surface area contributed by atoms with Crippen LogP contribution in [0.15, 0.2) is 36.4 Å². The normalized spacial score (nSPS) is 9.95. The fourth-order valence-electron chi connectivity index (χ4n) is 1.96. The minimum absolute atomic E-state index is 0.581.